The van der Waals surface area contributed by atoms with Crippen LogP contribution in [0.1, 0.15) is 40.4 Å². The Bertz CT molecular complexity index is 837. The number of rotatable bonds is 4. The highest BCUT2D eigenvalue weighted by molar-refractivity contribution is 6.09. The van der Waals surface area contributed by atoms with Gasteiger partial charge in [0, 0.05) is 5.57 Å². The first-order chi connectivity index (χ1) is 11.5. The molecule has 0 spiro atoms. The molecule has 1 amide bonds. The van der Waals surface area contributed by atoms with Gasteiger partial charge in [-0.15, -0.1) is 0 Å². The van der Waals surface area contributed by atoms with Crippen molar-refractivity contribution in [2.45, 2.75) is 26.2 Å². The number of carboxylic acids is 1. The van der Waals surface area contributed by atoms with Crippen molar-refractivity contribution in [1.29, 1.82) is 0 Å². The number of carbonyl (C=O) groups is 2. The summed E-state index contributed by atoms with van der Waals surface area (Å²) < 4.78 is 0. The molecule has 0 unspecified atom stereocenters. The summed E-state index contributed by atoms with van der Waals surface area (Å²) in [6.45, 7) is 1.73. The Hall–Kier alpha value is -2.88. The van der Waals surface area contributed by atoms with E-state index in [1.807, 2.05) is 12.1 Å². The van der Waals surface area contributed by atoms with Gasteiger partial charge >= 0.3 is 5.97 Å². The predicted molar refractivity (Wildman–Crippen MR) is 94.1 cm³/mol. The zero-order valence-corrected chi connectivity index (χ0v) is 13.5. The molecule has 2 aromatic carbocycles. The third-order valence-corrected chi connectivity index (χ3v) is 4.27. The molecule has 0 bridgehead atoms. The third kappa shape index (κ3) is 3.38. The van der Waals surface area contributed by atoms with Crippen LogP contribution in [0.25, 0.3) is 6.08 Å². The summed E-state index contributed by atoms with van der Waals surface area (Å²) in [7, 11) is 0. The number of benzene rings is 2. The molecule has 0 fully saturated rings. The smallest absolute Gasteiger partial charge is 0.337 e. The monoisotopic (exact) mass is 321 g/mol. The minimum Gasteiger partial charge on any atom is -0.478 e. The molecule has 1 aliphatic rings. The van der Waals surface area contributed by atoms with Gasteiger partial charge in [-0.05, 0) is 61.1 Å². The number of carboxylic acid groups (broad SMARTS) is 1. The Kier molecular flexibility index (Phi) is 4.47. The second kappa shape index (κ2) is 6.71. The minimum absolute atomic E-state index is 0.0798. The van der Waals surface area contributed by atoms with Crippen LogP contribution in [0.2, 0.25) is 0 Å². The Morgan fingerprint density at radius 1 is 1.08 bits per heavy atom. The number of hydrogen-bond donors (Lipinski definition) is 2. The number of fused-ring (bicyclic) bond motifs is 1. The molecule has 0 saturated carbocycles. The third-order valence-electron chi connectivity index (χ3n) is 4.27. The van der Waals surface area contributed by atoms with Crippen molar-refractivity contribution in [3.63, 3.8) is 0 Å². The maximum atomic E-state index is 12.4. The summed E-state index contributed by atoms with van der Waals surface area (Å²) in [5.74, 6) is -1.37. The van der Waals surface area contributed by atoms with E-state index in [2.05, 4.69) is 17.4 Å². The van der Waals surface area contributed by atoms with E-state index in [-0.39, 0.29) is 11.5 Å². The quantitative estimate of drug-likeness (QED) is 0.839. The van der Waals surface area contributed by atoms with Gasteiger partial charge in [0.05, 0.1) is 11.3 Å². The van der Waals surface area contributed by atoms with Crippen LogP contribution in [0.5, 0.6) is 0 Å². The minimum atomic E-state index is -1.06. The van der Waals surface area contributed by atoms with E-state index in [9.17, 15) is 14.7 Å². The van der Waals surface area contributed by atoms with Crippen LogP contribution in [-0.4, -0.2) is 17.0 Å². The lowest BCUT2D eigenvalue weighted by molar-refractivity contribution is -0.112. The van der Waals surface area contributed by atoms with Crippen LogP contribution in [0.3, 0.4) is 0 Å². The highest BCUT2D eigenvalue weighted by atomic mass is 16.4. The van der Waals surface area contributed by atoms with Crippen molar-refractivity contribution in [3.8, 4) is 0 Å². The van der Waals surface area contributed by atoms with Crippen molar-refractivity contribution < 1.29 is 14.7 Å². The Morgan fingerprint density at radius 2 is 1.83 bits per heavy atom. The van der Waals surface area contributed by atoms with E-state index in [4.69, 9.17) is 0 Å². The maximum absolute atomic E-state index is 12.4. The fourth-order valence-corrected chi connectivity index (χ4v) is 3.00. The van der Waals surface area contributed by atoms with E-state index in [1.165, 1.54) is 23.6 Å². The van der Waals surface area contributed by atoms with Gasteiger partial charge in [-0.25, -0.2) is 4.79 Å². The average molecular weight is 321 g/mol. The molecular weight excluding hydrogens is 302 g/mol. The highest BCUT2D eigenvalue weighted by Crippen LogP contribution is 2.24. The van der Waals surface area contributed by atoms with Crippen molar-refractivity contribution in [3.05, 3.63) is 70.3 Å². The number of anilines is 1. The van der Waals surface area contributed by atoms with Crippen molar-refractivity contribution >= 4 is 23.6 Å². The van der Waals surface area contributed by atoms with Crippen LogP contribution in [0, 0.1) is 0 Å². The van der Waals surface area contributed by atoms with Gasteiger partial charge in [0.15, 0.2) is 0 Å². The number of amides is 1. The molecule has 4 heteroatoms. The van der Waals surface area contributed by atoms with Crippen LogP contribution in [0.4, 0.5) is 5.69 Å². The van der Waals surface area contributed by atoms with E-state index < -0.39 is 5.97 Å². The molecule has 1 aliphatic carbocycles. The normalized spacial score (nSPS) is 13.5. The van der Waals surface area contributed by atoms with Gasteiger partial charge in [-0.1, -0.05) is 30.3 Å². The number of hydrogen-bond acceptors (Lipinski definition) is 2. The van der Waals surface area contributed by atoms with E-state index in [0.29, 0.717) is 11.3 Å². The van der Waals surface area contributed by atoms with E-state index >= 15 is 0 Å². The molecule has 122 valence electrons. The number of aryl methyl sites for hydroxylation is 2. The van der Waals surface area contributed by atoms with E-state index in [0.717, 1.165) is 18.4 Å². The predicted octanol–water partition coefficient (Wildman–Crippen LogP) is 3.92. The molecule has 2 aromatic rings. The lowest BCUT2D eigenvalue weighted by atomic mass is 10.0. The van der Waals surface area contributed by atoms with Crippen LogP contribution in [0.15, 0.2) is 48.0 Å². The van der Waals surface area contributed by atoms with Gasteiger partial charge in [0.25, 0.3) is 5.91 Å². The first-order valence-electron chi connectivity index (χ1n) is 7.98. The second-order valence-electron chi connectivity index (χ2n) is 6.01. The fourth-order valence-electron chi connectivity index (χ4n) is 3.00. The lowest BCUT2D eigenvalue weighted by Gasteiger charge is -2.09. The van der Waals surface area contributed by atoms with Gasteiger partial charge in [-0.3, -0.25) is 4.79 Å². The zero-order valence-electron chi connectivity index (χ0n) is 13.5. The molecule has 0 heterocycles. The van der Waals surface area contributed by atoms with Gasteiger partial charge in [0.1, 0.15) is 0 Å². The summed E-state index contributed by atoms with van der Waals surface area (Å²) in [6, 6.07) is 12.7. The summed E-state index contributed by atoms with van der Waals surface area (Å²) >= 11 is 0. The Labute approximate surface area is 140 Å². The molecule has 0 radical (unpaired) electrons. The van der Waals surface area contributed by atoms with Crippen LogP contribution in [-0.2, 0) is 17.6 Å². The first-order valence-corrected chi connectivity index (χ1v) is 7.98. The van der Waals surface area contributed by atoms with Gasteiger partial charge < -0.3 is 10.4 Å². The summed E-state index contributed by atoms with van der Waals surface area (Å²) in [5.41, 5.74) is 4.66. The Morgan fingerprint density at radius 3 is 2.62 bits per heavy atom. The molecule has 24 heavy (non-hydrogen) atoms. The molecule has 0 saturated heterocycles. The number of nitrogens with one attached hydrogen (secondary N) is 1. The largest absolute Gasteiger partial charge is 0.478 e. The van der Waals surface area contributed by atoms with Crippen molar-refractivity contribution in [1.82, 2.24) is 0 Å². The summed E-state index contributed by atoms with van der Waals surface area (Å²) in [5, 5.41) is 11.9. The molecule has 0 atom stereocenters. The Balaban J connectivity index is 1.79. The van der Waals surface area contributed by atoms with Gasteiger partial charge in [0.2, 0.25) is 0 Å². The summed E-state index contributed by atoms with van der Waals surface area (Å²) in [4.78, 5) is 23.6. The summed E-state index contributed by atoms with van der Waals surface area (Å²) in [6.07, 6.45) is 5.24. The molecule has 0 aromatic heterocycles. The number of carbonyl (C=O) groups excluding carboxylic acids is 1. The topological polar surface area (TPSA) is 66.4 Å². The maximum Gasteiger partial charge on any atom is 0.337 e. The number of para-hydroxylation sites is 1. The molecular formula is C20H19NO3. The highest BCUT2D eigenvalue weighted by Gasteiger charge is 2.13. The molecule has 2 N–H and O–H groups in total. The van der Waals surface area contributed by atoms with Gasteiger partial charge in [-0.2, -0.15) is 0 Å². The second-order valence-corrected chi connectivity index (χ2v) is 6.01. The van der Waals surface area contributed by atoms with E-state index in [1.54, 1.807) is 25.1 Å². The fraction of sp³-hybridized carbons (Fsp3) is 0.200. The SMILES string of the molecule is C/C(=C\c1ccc2c(c1)CCC2)C(=O)Nc1ccccc1C(=O)O. The van der Waals surface area contributed by atoms with Crippen LogP contribution >= 0.6 is 0 Å². The number of aromatic carboxylic acids is 1. The van der Waals surface area contributed by atoms with Crippen LogP contribution < -0.4 is 5.32 Å². The first kappa shape index (κ1) is 16.0. The van der Waals surface area contributed by atoms with Crippen molar-refractivity contribution in [2.75, 3.05) is 5.32 Å². The molecule has 0 aliphatic heterocycles. The average Bonchev–Trinajstić information content (AvgIpc) is 3.02. The standard InChI is InChI=1S/C20H19NO3/c1-13(11-14-9-10-15-5-4-6-16(15)12-14)19(22)21-18-8-3-2-7-17(18)20(23)24/h2-3,7-12H,4-6H2,1H3,(H,21,22)(H,23,24)/b13-11+. The zero-order chi connectivity index (χ0) is 17.1. The molecule has 4 nitrogen and oxygen atoms in total. The lowest BCUT2D eigenvalue weighted by Crippen LogP contribution is -2.15. The molecule has 3 rings (SSSR count). The van der Waals surface area contributed by atoms with Crippen molar-refractivity contribution in [2.24, 2.45) is 0 Å².